The minimum absolute atomic E-state index is 0.0260. The lowest BCUT2D eigenvalue weighted by Crippen LogP contribution is -2.50. The molecule has 0 saturated carbocycles. The van der Waals surface area contributed by atoms with Crippen LogP contribution in [0.1, 0.15) is 34.0 Å². The molecule has 0 spiro atoms. The van der Waals surface area contributed by atoms with Crippen LogP contribution in [-0.4, -0.2) is 62.3 Å². The molecule has 1 aliphatic rings. The summed E-state index contributed by atoms with van der Waals surface area (Å²) in [4.78, 5) is 23.8. The number of aryl methyl sites for hydroxylation is 2. The summed E-state index contributed by atoms with van der Waals surface area (Å²) in [6, 6.07) is 9.57. The van der Waals surface area contributed by atoms with Gasteiger partial charge >= 0.3 is 12.1 Å². The maximum absolute atomic E-state index is 13.5. The van der Waals surface area contributed by atoms with Crippen molar-refractivity contribution >= 4 is 17.7 Å². The molecule has 0 radical (unpaired) electrons. The summed E-state index contributed by atoms with van der Waals surface area (Å²) in [5.41, 5.74) is 2.23. The number of carbonyl (C=O) groups is 2. The van der Waals surface area contributed by atoms with E-state index in [4.69, 9.17) is 9.90 Å². The van der Waals surface area contributed by atoms with Crippen LogP contribution in [0, 0.1) is 12.7 Å². The Balaban J connectivity index is 0.000000454. The van der Waals surface area contributed by atoms with Gasteiger partial charge < -0.3 is 15.3 Å². The van der Waals surface area contributed by atoms with Gasteiger partial charge in [-0.15, -0.1) is 5.10 Å². The van der Waals surface area contributed by atoms with Gasteiger partial charge in [0, 0.05) is 43.9 Å². The molecule has 0 bridgehead atoms. The molecule has 4 rings (SSSR count). The van der Waals surface area contributed by atoms with Crippen molar-refractivity contribution in [2.45, 2.75) is 31.5 Å². The first-order valence-electron chi connectivity index (χ1n) is 10.8. The molecule has 1 fully saturated rings. The van der Waals surface area contributed by atoms with Crippen LogP contribution in [0.2, 0.25) is 0 Å². The number of halogens is 4. The zero-order chi connectivity index (χ0) is 26.5. The van der Waals surface area contributed by atoms with Crippen LogP contribution in [-0.2, 0) is 11.8 Å². The summed E-state index contributed by atoms with van der Waals surface area (Å²) in [5, 5.41) is 23.0. The second-order valence-corrected chi connectivity index (χ2v) is 8.21. The highest BCUT2D eigenvalue weighted by atomic mass is 19.4. The molecular weight excluding hydrogens is 484 g/mol. The van der Waals surface area contributed by atoms with E-state index in [0.29, 0.717) is 12.1 Å². The van der Waals surface area contributed by atoms with Crippen molar-refractivity contribution in [2.24, 2.45) is 7.05 Å². The van der Waals surface area contributed by atoms with E-state index in [-0.39, 0.29) is 17.9 Å². The summed E-state index contributed by atoms with van der Waals surface area (Å²) in [6.07, 6.45) is -0.553. The molecule has 2 N–H and O–H groups in total. The number of carboxylic acids is 1. The third-order valence-corrected chi connectivity index (χ3v) is 5.52. The summed E-state index contributed by atoms with van der Waals surface area (Å²) in [6.45, 7) is 3.32. The fourth-order valence-corrected chi connectivity index (χ4v) is 3.74. The fraction of sp³-hybridized carbons (Fsp3) is 0.348. The first-order chi connectivity index (χ1) is 16.9. The summed E-state index contributed by atoms with van der Waals surface area (Å²) in [7, 11) is 1.87. The number of anilines is 1. The number of carboxylic acid groups (broad SMARTS) is 1. The van der Waals surface area contributed by atoms with E-state index in [9.17, 15) is 22.4 Å². The lowest BCUT2D eigenvalue weighted by Gasteiger charge is -2.39. The van der Waals surface area contributed by atoms with Gasteiger partial charge in [-0.25, -0.2) is 9.18 Å². The van der Waals surface area contributed by atoms with Crippen LogP contribution in [0.4, 0.5) is 23.4 Å². The van der Waals surface area contributed by atoms with Crippen LogP contribution in [0.25, 0.3) is 0 Å². The van der Waals surface area contributed by atoms with E-state index in [1.54, 1.807) is 16.8 Å². The number of piperidine rings is 1. The SMILES string of the molecule is Cc1ccc(N2CCC(NC(=O)c3cccc(F)c3)C(c3cnn(C)c3)C2)nn1.O=C(O)C(F)(F)F. The summed E-state index contributed by atoms with van der Waals surface area (Å²) in [5.74, 6) is -2.61. The first-order valence-corrected chi connectivity index (χ1v) is 10.8. The van der Waals surface area contributed by atoms with Gasteiger partial charge in [0.05, 0.1) is 11.9 Å². The zero-order valence-corrected chi connectivity index (χ0v) is 19.4. The topological polar surface area (TPSA) is 113 Å². The zero-order valence-electron chi connectivity index (χ0n) is 19.4. The van der Waals surface area contributed by atoms with Gasteiger partial charge in [-0.2, -0.15) is 23.4 Å². The van der Waals surface area contributed by atoms with Gasteiger partial charge in [-0.1, -0.05) is 6.07 Å². The molecule has 0 aliphatic carbocycles. The van der Waals surface area contributed by atoms with E-state index in [0.717, 1.165) is 30.0 Å². The van der Waals surface area contributed by atoms with Crippen molar-refractivity contribution in [3.8, 4) is 0 Å². The van der Waals surface area contributed by atoms with Gasteiger partial charge in [-0.05, 0) is 49.2 Å². The van der Waals surface area contributed by atoms with Crippen LogP contribution < -0.4 is 10.2 Å². The van der Waals surface area contributed by atoms with E-state index in [2.05, 4.69) is 25.5 Å². The highest BCUT2D eigenvalue weighted by Crippen LogP contribution is 2.29. The molecule has 3 heterocycles. The molecule has 9 nitrogen and oxygen atoms in total. The number of carbonyl (C=O) groups excluding carboxylic acids is 1. The third kappa shape index (κ3) is 6.99. The molecule has 36 heavy (non-hydrogen) atoms. The van der Waals surface area contributed by atoms with E-state index in [1.807, 2.05) is 38.5 Å². The number of alkyl halides is 3. The van der Waals surface area contributed by atoms with Crippen molar-refractivity contribution < 1.29 is 32.3 Å². The Kier molecular flexibility index (Phi) is 8.22. The normalized spacial score (nSPS) is 17.7. The average molecular weight is 508 g/mol. The molecule has 1 amide bonds. The standard InChI is InChI=1S/C21H23FN6O.C2HF3O2/c1-14-6-7-20(26-25-14)28-9-8-19(18(13-28)16-11-23-27(2)12-16)24-21(29)15-4-3-5-17(22)10-15;3-2(4,5)1(6)7/h3-7,10-12,18-19H,8-9,13H2,1-2H3,(H,24,29);(H,6,7). The number of rotatable bonds is 4. The lowest BCUT2D eigenvalue weighted by molar-refractivity contribution is -0.192. The molecule has 2 aromatic heterocycles. The highest BCUT2D eigenvalue weighted by Gasteiger charge is 2.38. The smallest absolute Gasteiger partial charge is 0.475 e. The molecule has 1 aromatic carbocycles. The molecular formula is C23H24F4N6O3. The Bertz CT molecular complexity index is 1200. The Morgan fingerprint density at radius 1 is 1.17 bits per heavy atom. The summed E-state index contributed by atoms with van der Waals surface area (Å²) >= 11 is 0. The number of aromatic nitrogens is 4. The summed E-state index contributed by atoms with van der Waals surface area (Å²) < 4.78 is 47.0. The number of hydrogen-bond donors (Lipinski definition) is 2. The second-order valence-electron chi connectivity index (χ2n) is 8.21. The molecule has 1 aliphatic heterocycles. The maximum Gasteiger partial charge on any atom is 0.490 e. The van der Waals surface area contributed by atoms with Crippen LogP contribution >= 0.6 is 0 Å². The monoisotopic (exact) mass is 508 g/mol. The van der Waals surface area contributed by atoms with Crippen LogP contribution in [0.15, 0.2) is 48.8 Å². The number of nitrogens with one attached hydrogen (secondary N) is 1. The van der Waals surface area contributed by atoms with Crippen molar-refractivity contribution in [1.29, 1.82) is 0 Å². The predicted octanol–water partition coefficient (Wildman–Crippen LogP) is 3.08. The van der Waals surface area contributed by atoms with Crippen molar-refractivity contribution in [1.82, 2.24) is 25.3 Å². The largest absolute Gasteiger partial charge is 0.490 e. The van der Waals surface area contributed by atoms with E-state index >= 15 is 0 Å². The Morgan fingerprint density at radius 3 is 2.44 bits per heavy atom. The predicted molar refractivity (Wildman–Crippen MR) is 121 cm³/mol. The van der Waals surface area contributed by atoms with Gasteiger partial charge in [0.1, 0.15) is 5.82 Å². The Morgan fingerprint density at radius 2 is 1.89 bits per heavy atom. The number of hydrogen-bond acceptors (Lipinski definition) is 6. The minimum atomic E-state index is -5.08. The molecule has 13 heteroatoms. The van der Waals surface area contributed by atoms with Crippen molar-refractivity contribution in [3.05, 3.63) is 71.4 Å². The lowest BCUT2D eigenvalue weighted by atomic mass is 9.87. The molecule has 1 saturated heterocycles. The third-order valence-electron chi connectivity index (χ3n) is 5.52. The van der Waals surface area contributed by atoms with Gasteiger partial charge in [0.25, 0.3) is 5.91 Å². The number of amides is 1. The Hall–Kier alpha value is -4.03. The second kappa shape index (κ2) is 11.1. The van der Waals surface area contributed by atoms with Crippen molar-refractivity contribution in [3.63, 3.8) is 0 Å². The number of benzene rings is 1. The maximum atomic E-state index is 13.5. The number of nitrogens with zero attached hydrogens (tertiary/aromatic N) is 5. The fourth-order valence-electron chi connectivity index (χ4n) is 3.74. The molecule has 2 unspecified atom stereocenters. The molecule has 2 atom stereocenters. The first kappa shape index (κ1) is 26.6. The van der Waals surface area contributed by atoms with Crippen molar-refractivity contribution in [2.75, 3.05) is 18.0 Å². The number of aliphatic carboxylic acids is 1. The van der Waals surface area contributed by atoms with Crippen LogP contribution in [0.3, 0.4) is 0 Å². The molecule has 3 aromatic rings. The quantitative estimate of drug-likeness (QED) is 0.521. The molecule has 192 valence electrons. The van der Waals surface area contributed by atoms with Crippen LogP contribution in [0.5, 0.6) is 0 Å². The van der Waals surface area contributed by atoms with Gasteiger partial charge in [0.15, 0.2) is 5.82 Å². The van der Waals surface area contributed by atoms with E-state index < -0.39 is 18.0 Å². The Labute approximate surface area is 203 Å². The van der Waals surface area contributed by atoms with Gasteiger partial charge in [0.2, 0.25) is 0 Å². The van der Waals surface area contributed by atoms with E-state index in [1.165, 1.54) is 12.1 Å². The average Bonchev–Trinajstić information content (AvgIpc) is 3.25. The highest BCUT2D eigenvalue weighted by molar-refractivity contribution is 5.94. The minimum Gasteiger partial charge on any atom is -0.475 e. The van der Waals surface area contributed by atoms with Gasteiger partial charge in [-0.3, -0.25) is 9.48 Å².